The molecule has 2 heterocycles. The molecule has 3 rings (SSSR count). The summed E-state index contributed by atoms with van der Waals surface area (Å²) < 4.78 is 5.43. The van der Waals surface area contributed by atoms with Crippen molar-refractivity contribution in [2.75, 3.05) is 45.9 Å². The number of carbonyl (C=O) groups excluding carboxylic acids is 1. The van der Waals surface area contributed by atoms with Crippen molar-refractivity contribution in [1.29, 1.82) is 0 Å². The number of nitrogens with two attached hydrogens (primary N) is 1. The Bertz CT molecular complexity index is 898. The number of rotatable bonds is 10. The predicted molar refractivity (Wildman–Crippen MR) is 151 cm³/mol. The van der Waals surface area contributed by atoms with Crippen molar-refractivity contribution in [3.63, 3.8) is 0 Å². The average Bonchev–Trinajstić information content (AvgIpc) is 2.92. The Morgan fingerprint density at radius 2 is 2.00 bits per heavy atom. The maximum atomic E-state index is 13.2. The first-order valence-corrected chi connectivity index (χ1v) is 13.8. The molecule has 1 amide bonds. The molecule has 0 spiro atoms. The first-order valence-electron chi connectivity index (χ1n) is 13.8. The minimum atomic E-state index is 0.136. The van der Waals surface area contributed by atoms with Crippen molar-refractivity contribution >= 4 is 11.5 Å². The van der Waals surface area contributed by atoms with Crippen LogP contribution in [0.4, 0.5) is 0 Å². The van der Waals surface area contributed by atoms with E-state index in [0.717, 1.165) is 68.7 Å². The number of likely N-dealkylation sites (tertiary alicyclic amines) is 1. The van der Waals surface area contributed by atoms with Gasteiger partial charge in [0.1, 0.15) is 0 Å². The predicted octanol–water partition coefficient (Wildman–Crippen LogP) is 5.39. The number of nitrogens with zero attached hydrogens (tertiary/aromatic N) is 2. The fraction of sp³-hybridized carbons (Fsp3) is 0.567. The SMILES string of the molecule is CC.CC/C=C(\C=C/COCC)CN(N)C1=C(c2cccc(C(=O)N3CCC(C)CC3)c2)CNCC1. The van der Waals surface area contributed by atoms with Crippen molar-refractivity contribution in [2.24, 2.45) is 11.8 Å². The third kappa shape index (κ3) is 8.91. The van der Waals surface area contributed by atoms with Crippen LogP contribution in [0.25, 0.3) is 5.57 Å². The second-order valence-electron chi connectivity index (χ2n) is 9.28. The Morgan fingerprint density at radius 3 is 2.69 bits per heavy atom. The lowest BCUT2D eigenvalue weighted by Crippen LogP contribution is -2.38. The Morgan fingerprint density at radius 1 is 1.25 bits per heavy atom. The number of hydrogen-bond donors (Lipinski definition) is 2. The minimum Gasteiger partial charge on any atom is -0.378 e. The molecule has 3 N–H and O–H groups in total. The molecule has 0 unspecified atom stereocenters. The fourth-order valence-electron chi connectivity index (χ4n) is 4.62. The number of carbonyl (C=O) groups is 1. The van der Waals surface area contributed by atoms with E-state index in [2.05, 4.69) is 37.4 Å². The van der Waals surface area contributed by atoms with Gasteiger partial charge in [-0.15, -0.1) is 0 Å². The summed E-state index contributed by atoms with van der Waals surface area (Å²) in [4.78, 5) is 15.2. The normalized spacial score (nSPS) is 17.3. The van der Waals surface area contributed by atoms with Gasteiger partial charge in [-0.2, -0.15) is 0 Å². The molecule has 0 saturated carbocycles. The summed E-state index contributed by atoms with van der Waals surface area (Å²) in [6, 6.07) is 8.07. The van der Waals surface area contributed by atoms with E-state index in [9.17, 15) is 4.79 Å². The van der Waals surface area contributed by atoms with E-state index < -0.39 is 0 Å². The lowest BCUT2D eigenvalue weighted by molar-refractivity contribution is 0.0697. The quantitative estimate of drug-likeness (QED) is 0.197. The van der Waals surface area contributed by atoms with Gasteiger partial charge in [-0.3, -0.25) is 4.79 Å². The second kappa shape index (κ2) is 16.4. The Kier molecular flexibility index (Phi) is 13.5. The number of piperidine rings is 1. The van der Waals surface area contributed by atoms with Crippen LogP contribution in [0, 0.1) is 5.92 Å². The maximum Gasteiger partial charge on any atom is 0.253 e. The highest BCUT2D eigenvalue weighted by Crippen LogP contribution is 2.27. The van der Waals surface area contributed by atoms with E-state index in [1.54, 1.807) is 0 Å². The van der Waals surface area contributed by atoms with E-state index >= 15 is 0 Å². The molecule has 1 aromatic rings. The third-order valence-corrected chi connectivity index (χ3v) is 6.63. The van der Waals surface area contributed by atoms with Gasteiger partial charge in [0.2, 0.25) is 0 Å². The minimum absolute atomic E-state index is 0.136. The van der Waals surface area contributed by atoms with Gasteiger partial charge in [-0.1, -0.05) is 58.1 Å². The van der Waals surface area contributed by atoms with E-state index in [1.807, 2.05) is 55.0 Å². The molecule has 200 valence electrons. The average molecular weight is 497 g/mol. The molecule has 0 radical (unpaired) electrons. The molecule has 0 aliphatic carbocycles. The van der Waals surface area contributed by atoms with Crippen molar-refractivity contribution in [1.82, 2.24) is 15.2 Å². The Hall–Kier alpha value is -2.41. The molecule has 0 bridgehead atoms. The number of amides is 1. The summed E-state index contributed by atoms with van der Waals surface area (Å²) in [6.07, 6.45) is 10.3. The number of hydrazine groups is 1. The molecule has 1 fully saturated rings. The van der Waals surface area contributed by atoms with E-state index in [-0.39, 0.29) is 5.91 Å². The molecule has 2 aliphatic rings. The van der Waals surface area contributed by atoms with Crippen LogP contribution in [0.3, 0.4) is 0 Å². The van der Waals surface area contributed by atoms with Crippen LogP contribution in [-0.2, 0) is 4.74 Å². The molecular weight excluding hydrogens is 448 g/mol. The lowest BCUT2D eigenvalue weighted by Gasteiger charge is -2.31. The van der Waals surface area contributed by atoms with Gasteiger partial charge in [0.15, 0.2) is 0 Å². The summed E-state index contributed by atoms with van der Waals surface area (Å²) in [5, 5.41) is 5.36. The van der Waals surface area contributed by atoms with Crippen LogP contribution in [0.2, 0.25) is 0 Å². The highest BCUT2D eigenvalue weighted by Gasteiger charge is 2.23. The standard InChI is InChI=1S/C28H42N4O2.C2H6/c1-4-8-23(9-7-18-34-5-2)21-32(29)27-12-15-30-20-26(27)24-10-6-11-25(19-24)28(33)31-16-13-22(3)14-17-31;1-2/h6-11,19,22,30H,4-5,12-18,20-21,29H2,1-3H3;1-2H3/b9-7-,23-8+;. The number of allylic oxidation sites excluding steroid dienone is 1. The van der Waals surface area contributed by atoms with Gasteiger partial charge in [-0.25, -0.2) is 5.84 Å². The highest BCUT2D eigenvalue weighted by atomic mass is 16.5. The summed E-state index contributed by atoms with van der Waals surface area (Å²) in [5.41, 5.74) is 5.32. The van der Waals surface area contributed by atoms with Gasteiger partial charge in [0.25, 0.3) is 5.91 Å². The number of ether oxygens (including phenoxy) is 1. The number of hydrogen-bond acceptors (Lipinski definition) is 5. The molecule has 1 aromatic carbocycles. The van der Waals surface area contributed by atoms with Crippen LogP contribution in [-0.4, -0.2) is 61.8 Å². The summed E-state index contributed by atoms with van der Waals surface area (Å²) in [6.45, 7) is 15.7. The smallest absolute Gasteiger partial charge is 0.253 e. The van der Waals surface area contributed by atoms with Crippen molar-refractivity contribution in [2.45, 2.75) is 60.3 Å². The van der Waals surface area contributed by atoms with Gasteiger partial charge < -0.3 is 20.0 Å². The molecule has 0 aromatic heterocycles. The monoisotopic (exact) mass is 496 g/mol. The highest BCUT2D eigenvalue weighted by molar-refractivity contribution is 5.95. The van der Waals surface area contributed by atoms with Crippen LogP contribution in [0.15, 0.2) is 53.8 Å². The second-order valence-corrected chi connectivity index (χ2v) is 9.28. The Balaban J connectivity index is 0.00000222. The molecule has 6 heteroatoms. The van der Waals surface area contributed by atoms with Gasteiger partial charge >= 0.3 is 0 Å². The van der Waals surface area contributed by atoms with Crippen molar-refractivity contribution < 1.29 is 9.53 Å². The van der Waals surface area contributed by atoms with Crippen molar-refractivity contribution in [3.05, 3.63) is 64.9 Å². The van der Waals surface area contributed by atoms with Gasteiger partial charge in [0, 0.05) is 50.5 Å². The topological polar surface area (TPSA) is 70.8 Å². The summed E-state index contributed by atoms with van der Waals surface area (Å²) in [5.74, 6) is 7.47. The Labute approximate surface area is 219 Å². The van der Waals surface area contributed by atoms with Gasteiger partial charge in [-0.05, 0) is 60.9 Å². The van der Waals surface area contributed by atoms with E-state index in [4.69, 9.17) is 10.6 Å². The first kappa shape index (κ1) is 29.8. The first-order chi connectivity index (χ1) is 17.5. The molecule has 1 saturated heterocycles. The van der Waals surface area contributed by atoms with Crippen LogP contribution in [0.1, 0.15) is 76.2 Å². The molecular formula is C30H48N4O2. The van der Waals surface area contributed by atoms with E-state index in [0.29, 0.717) is 25.7 Å². The van der Waals surface area contributed by atoms with Crippen molar-refractivity contribution in [3.8, 4) is 0 Å². The molecule has 6 nitrogen and oxygen atoms in total. The number of nitrogens with one attached hydrogen (secondary N) is 1. The van der Waals surface area contributed by atoms with Crippen LogP contribution >= 0.6 is 0 Å². The fourth-order valence-corrected chi connectivity index (χ4v) is 4.62. The van der Waals surface area contributed by atoms with Crippen LogP contribution in [0.5, 0.6) is 0 Å². The molecule has 2 aliphatic heterocycles. The number of benzene rings is 1. The van der Waals surface area contributed by atoms with Gasteiger partial charge in [0.05, 0.1) is 13.2 Å². The van der Waals surface area contributed by atoms with E-state index in [1.165, 1.54) is 11.1 Å². The lowest BCUT2D eigenvalue weighted by atomic mass is 9.95. The zero-order valence-corrected chi connectivity index (χ0v) is 23.2. The summed E-state index contributed by atoms with van der Waals surface area (Å²) >= 11 is 0. The maximum absolute atomic E-state index is 13.2. The summed E-state index contributed by atoms with van der Waals surface area (Å²) in [7, 11) is 0. The zero-order chi connectivity index (χ0) is 26.3. The largest absolute Gasteiger partial charge is 0.378 e. The zero-order valence-electron chi connectivity index (χ0n) is 23.2. The third-order valence-electron chi connectivity index (χ3n) is 6.63. The van der Waals surface area contributed by atoms with Crippen LogP contribution < -0.4 is 11.2 Å². The molecule has 36 heavy (non-hydrogen) atoms. The molecule has 0 atom stereocenters.